The van der Waals surface area contributed by atoms with Gasteiger partial charge in [-0.1, -0.05) is 11.3 Å². The van der Waals surface area contributed by atoms with Gasteiger partial charge >= 0.3 is 6.03 Å². The first kappa shape index (κ1) is 16.0. The number of nitrogens with two attached hydrogens (primary N) is 1. The van der Waals surface area contributed by atoms with Crippen LogP contribution in [0.15, 0.2) is 0 Å². The van der Waals surface area contributed by atoms with Gasteiger partial charge in [-0.15, -0.1) is 0 Å². The number of nitrogens with zero attached hydrogens (tertiary/aromatic N) is 3. The maximum absolute atomic E-state index is 12.3. The van der Waals surface area contributed by atoms with Crippen molar-refractivity contribution in [1.29, 1.82) is 0 Å². The minimum atomic E-state index is -0.110. The highest BCUT2D eigenvalue weighted by molar-refractivity contribution is 7.17. The molecule has 0 aliphatic carbocycles. The SMILES string of the molecule is Cc1nc(N)sc1C(=O)NC1CCN(C(=O)N2CCCC2)CC1. The zero-order valence-electron chi connectivity index (χ0n) is 13.4. The van der Waals surface area contributed by atoms with Crippen LogP contribution in [-0.4, -0.2) is 58.9 Å². The van der Waals surface area contributed by atoms with Gasteiger partial charge in [0.25, 0.3) is 5.91 Å². The van der Waals surface area contributed by atoms with E-state index < -0.39 is 0 Å². The number of urea groups is 1. The zero-order chi connectivity index (χ0) is 16.4. The number of carbonyl (C=O) groups excluding carboxylic acids is 2. The van der Waals surface area contributed by atoms with E-state index in [9.17, 15) is 9.59 Å². The smallest absolute Gasteiger partial charge is 0.319 e. The molecule has 8 heteroatoms. The maximum Gasteiger partial charge on any atom is 0.319 e. The maximum atomic E-state index is 12.3. The number of piperidine rings is 1. The Morgan fingerprint density at radius 2 is 1.78 bits per heavy atom. The van der Waals surface area contributed by atoms with E-state index in [2.05, 4.69) is 10.3 Å². The summed E-state index contributed by atoms with van der Waals surface area (Å²) >= 11 is 1.22. The molecule has 7 nitrogen and oxygen atoms in total. The molecule has 1 aromatic heterocycles. The minimum Gasteiger partial charge on any atom is -0.375 e. The van der Waals surface area contributed by atoms with Crippen LogP contribution < -0.4 is 11.1 Å². The number of nitrogens with one attached hydrogen (secondary N) is 1. The molecule has 2 aliphatic heterocycles. The van der Waals surface area contributed by atoms with Gasteiger partial charge in [-0.3, -0.25) is 4.79 Å². The number of aryl methyl sites for hydroxylation is 1. The summed E-state index contributed by atoms with van der Waals surface area (Å²) in [5, 5.41) is 3.46. The second-order valence-electron chi connectivity index (χ2n) is 6.18. The number of rotatable bonds is 2. The number of aromatic nitrogens is 1. The summed E-state index contributed by atoms with van der Waals surface area (Å²) in [6.07, 6.45) is 3.79. The van der Waals surface area contributed by atoms with Crippen LogP contribution in [0.5, 0.6) is 0 Å². The average Bonchev–Trinajstić information content (AvgIpc) is 3.17. The number of hydrogen-bond donors (Lipinski definition) is 2. The van der Waals surface area contributed by atoms with E-state index in [0.717, 1.165) is 38.8 Å². The van der Waals surface area contributed by atoms with E-state index in [4.69, 9.17) is 5.73 Å². The zero-order valence-corrected chi connectivity index (χ0v) is 14.2. The van der Waals surface area contributed by atoms with Crippen molar-refractivity contribution in [3.05, 3.63) is 10.6 Å². The van der Waals surface area contributed by atoms with Gasteiger partial charge in [0.05, 0.1) is 5.69 Å². The van der Waals surface area contributed by atoms with E-state index in [-0.39, 0.29) is 18.0 Å². The summed E-state index contributed by atoms with van der Waals surface area (Å²) in [5.74, 6) is -0.110. The molecule has 23 heavy (non-hydrogen) atoms. The first-order chi connectivity index (χ1) is 11.0. The number of nitrogen functional groups attached to an aromatic ring is 1. The van der Waals surface area contributed by atoms with Gasteiger partial charge in [0, 0.05) is 32.2 Å². The number of likely N-dealkylation sites (tertiary alicyclic amines) is 2. The lowest BCUT2D eigenvalue weighted by atomic mass is 10.1. The summed E-state index contributed by atoms with van der Waals surface area (Å²) < 4.78 is 0. The van der Waals surface area contributed by atoms with Crippen LogP contribution >= 0.6 is 11.3 Å². The third kappa shape index (κ3) is 3.57. The molecule has 2 aliphatic rings. The third-order valence-corrected chi connectivity index (χ3v) is 5.48. The lowest BCUT2D eigenvalue weighted by molar-refractivity contribution is 0.0916. The Kier molecular flexibility index (Phi) is 4.70. The summed E-state index contributed by atoms with van der Waals surface area (Å²) in [5.41, 5.74) is 6.31. The molecular formula is C15H23N5O2S. The Bertz CT molecular complexity index is 589. The van der Waals surface area contributed by atoms with Gasteiger partial charge in [0.2, 0.25) is 0 Å². The molecule has 2 fully saturated rings. The molecule has 0 unspecified atom stereocenters. The van der Waals surface area contributed by atoms with Crippen LogP contribution in [0.1, 0.15) is 41.0 Å². The molecular weight excluding hydrogens is 314 g/mol. The predicted octanol–water partition coefficient (Wildman–Crippen LogP) is 1.44. The fraction of sp³-hybridized carbons (Fsp3) is 0.667. The molecule has 0 atom stereocenters. The minimum absolute atomic E-state index is 0.104. The highest BCUT2D eigenvalue weighted by atomic mass is 32.1. The molecule has 0 aromatic carbocycles. The summed E-state index contributed by atoms with van der Waals surface area (Å²) in [6, 6.07) is 0.256. The Hall–Kier alpha value is -1.83. The Morgan fingerprint density at radius 3 is 2.35 bits per heavy atom. The van der Waals surface area contributed by atoms with E-state index in [1.165, 1.54) is 11.3 Å². The van der Waals surface area contributed by atoms with Crippen LogP contribution in [-0.2, 0) is 0 Å². The van der Waals surface area contributed by atoms with E-state index in [1.807, 2.05) is 9.80 Å². The van der Waals surface area contributed by atoms with Crippen molar-refractivity contribution in [2.24, 2.45) is 0 Å². The van der Waals surface area contributed by atoms with Gasteiger partial charge in [-0.2, -0.15) is 0 Å². The largest absolute Gasteiger partial charge is 0.375 e. The van der Waals surface area contributed by atoms with Crippen LogP contribution in [0.4, 0.5) is 9.93 Å². The highest BCUT2D eigenvalue weighted by Gasteiger charge is 2.28. The van der Waals surface area contributed by atoms with Gasteiger partial charge in [-0.05, 0) is 32.6 Å². The van der Waals surface area contributed by atoms with Crippen LogP contribution in [0, 0.1) is 6.92 Å². The van der Waals surface area contributed by atoms with Gasteiger partial charge in [0.15, 0.2) is 5.13 Å². The fourth-order valence-corrected chi connectivity index (χ4v) is 3.94. The third-order valence-electron chi connectivity index (χ3n) is 4.50. The summed E-state index contributed by atoms with van der Waals surface area (Å²) in [6.45, 7) is 4.94. The van der Waals surface area contributed by atoms with Gasteiger partial charge in [0.1, 0.15) is 4.88 Å². The Morgan fingerprint density at radius 1 is 1.17 bits per heavy atom. The molecule has 2 saturated heterocycles. The molecule has 3 amide bonds. The fourth-order valence-electron chi connectivity index (χ4n) is 3.20. The van der Waals surface area contributed by atoms with Crippen molar-refractivity contribution in [2.45, 2.75) is 38.6 Å². The predicted molar refractivity (Wildman–Crippen MR) is 89.5 cm³/mol. The van der Waals surface area contributed by atoms with Crippen LogP contribution in [0.2, 0.25) is 0 Å². The monoisotopic (exact) mass is 337 g/mol. The summed E-state index contributed by atoms with van der Waals surface area (Å²) in [4.78, 5) is 33.1. The number of anilines is 1. The molecule has 0 bridgehead atoms. The first-order valence-electron chi connectivity index (χ1n) is 8.12. The molecule has 3 heterocycles. The van der Waals surface area contributed by atoms with E-state index >= 15 is 0 Å². The van der Waals surface area contributed by atoms with Crippen molar-refractivity contribution in [3.63, 3.8) is 0 Å². The molecule has 126 valence electrons. The lowest BCUT2D eigenvalue weighted by Gasteiger charge is -2.34. The normalized spacial score (nSPS) is 19.2. The second-order valence-corrected chi connectivity index (χ2v) is 7.21. The second kappa shape index (κ2) is 6.74. The van der Waals surface area contributed by atoms with Gasteiger partial charge < -0.3 is 20.9 Å². The van der Waals surface area contributed by atoms with Crippen molar-refractivity contribution in [1.82, 2.24) is 20.1 Å². The lowest BCUT2D eigenvalue weighted by Crippen LogP contribution is -2.50. The molecule has 3 rings (SSSR count). The Labute approximate surface area is 139 Å². The van der Waals surface area contributed by atoms with E-state index in [0.29, 0.717) is 28.8 Å². The molecule has 0 saturated carbocycles. The molecule has 3 N–H and O–H groups in total. The quantitative estimate of drug-likeness (QED) is 0.854. The molecule has 0 spiro atoms. The van der Waals surface area contributed by atoms with Crippen molar-refractivity contribution in [2.75, 3.05) is 31.9 Å². The first-order valence-corrected chi connectivity index (χ1v) is 8.94. The van der Waals surface area contributed by atoms with E-state index in [1.54, 1.807) is 6.92 Å². The molecule has 0 radical (unpaired) electrons. The van der Waals surface area contributed by atoms with Crippen molar-refractivity contribution in [3.8, 4) is 0 Å². The van der Waals surface area contributed by atoms with Crippen molar-refractivity contribution < 1.29 is 9.59 Å². The number of thiazole rings is 1. The highest BCUT2D eigenvalue weighted by Crippen LogP contribution is 2.21. The van der Waals surface area contributed by atoms with Crippen molar-refractivity contribution >= 4 is 28.4 Å². The van der Waals surface area contributed by atoms with Crippen LogP contribution in [0.3, 0.4) is 0 Å². The average molecular weight is 337 g/mol. The van der Waals surface area contributed by atoms with Crippen LogP contribution in [0.25, 0.3) is 0 Å². The summed E-state index contributed by atoms with van der Waals surface area (Å²) in [7, 11) is 0. The molecule has 1 aromatic rings. The standard InChI is InChI=1S/C15H23N5O2S/c1-10-12(23-14(16)17-10)13(21)18-11-4-8-20(9-5-11)15(22)19-6-2-3-7-19/h11H,2-9H2,1H3,(H2,16,17)(H,18,21). The Balaban J connectivity index is 1.50. The topological polar surface area (TPSA) is 91.6 Å². The number of hydrogen-bond acceptors (Lipinski definition) is 5. The number of carbonyl (C=O) groups is 2. The van der Waals surface area contributed by atoms with Gasteiger partial charge in [-0.25, -0.2) is 9.78 Å². The number of amides is 3.